The number of ether oxygens (including phenoxy) is 1. The van der Waals surface area contributed by atoms with Crippen molar-refractivity contribution in [2.45, 2.75) is 32.2 Å². The van der Waals surface area contributed by atoms with Crippen LogP contribution in [-0.4, -0.2) is 35.5 Å². The van der Waals surface area contributed by atoms with E-state index in [-0.39, 0.29) is 12.6 Å². The summed E-state index contributed by atoms with van der Waals surface area (Å²) in [5.74, 6) is 5.69. The molecule has 1 fully saturated rings. The first kappa shape index (κ1) is 14.5. The highest BCUT2D eigenvalue weighted by atomic mass is 16.5. The Hall–Kier alpha value is -1.86. The average Bonchev–Trinajstić information content (AvgIpc) is 2.48. The Morgan fingerprint density at radius 3 is 3.15 bits per heavy atom. The molecule has 0 aromatic carbocycles. The van der Waals surface area contributed by atoms with E-state index in [1.807, 2.05) is 12.3 Å². The van der Waals surface area contributed by atoms with Crippen molar-refractivity contribution in [1.82, 2.24) is 9.88 Å². The van der Waals surface area contributed by atoms with E-state index in [9.17, 15) is 4.79 Å². The van der Waals surface area contributed by atoms with Gasteiger partial charge in [0.2, 0.25) is 0 Å². The standard InChI is InChI=1S/C16H20N2O2/c1-14(19)20-12-5-4-11-18-10-3-2-8-16(18)15-7-6-9-17-13-15/h6-7,9,13,16H,2-3,8,10-12H2,1H3. The highest BCUT2D eigenvalue weighted by Gasteiger charge is 2.22. The van der Waals surface area contributed by atoms with Crippen LogP contribution in [0.1, 0.15) is 37.8 Å². The molecule has 0 N–H and O–H groups in total. The van der Waals surface area contributed by atoms with Crippen molar-refractivity contribution in [2.75, 3.05) is 19.7 Å². The van der Waals surface area contributed by atoms with Crippen molar-refractivity contribution >= 4 is 5.97 Å². The normalized spacial score (nSPS) is 18.9. The zero-order valence-electron chi connectivity index (χ0n) is 11.8. The number of pyridine rings is 1. The zero-order chi connectivity index (χ0) is 14.2. The third kappa shape index (κ3) is 4.36. The summed E-state index contributed by atoms with van der Waals surface area (Å²) in [4.78, 5) is 17.2. The fourth-order valence-electron chi connectivity index (χ4n) is 2.48. The molecule has 0 saturated carbocycles. The summed E-state index contributed by atoms with van der Waals surface area (Å²) < 4.78 is 4.80. The Bertz CT molecular complexity index is 490. The minimum atomic E-state index is -0.287. The number of piperidine rings is 1. The van der Waals surface area contributed by atoms with Gasteiger partial charge in [-0.15, -0.1) is 0 Å². The minimum Gasteiger partial charge on any atom is -0.453 e. The molecule has 1 saturated heterocycles. The van der Waals surface area contributed by atoms with Crippen molar-refractivity contribution in [3.63, 3.8) is 0 Å². The van der Waals surface area contributed by atoms with Gasteiger partial charge in [0.1, 0.15) is 0 Å². The molecule has 1 unspecified atom stereocenters. The van der Waals surface area contributed by atoms with E-state index in [0.29, 0.717) is 12.6 Å². The quantitative estimate of drug-likeness (QED) is 0.625. The molecule has 1 aliphatic rings. The summed E-state index contributed by atoms with van der Waals surface area (Å²) in [5.41, 5.74) is 1.26. The molecule has 1 atom stereocenters. The van der Waals surface area contributed by atoms with Crippen LogP contribution in [0, 0.1) is 11.8 Å². The number of nitrogens with zero attached hydrogens (tertiary/aromatic N) is 2. The van der Waals surface area contributed by atoms with E-state index in [1.165, 1.54) is 25.3 Å². The minimum absolute atomic E-state index is 0.181. The van der Waals surface area contributed by atoms with Crippen molar-refractivity contribution in [3.8, 4) is 11.8 Å². The fraction of sp³-hybridized carbons (Fsp3) is 0.500. The fourth-order valence-corrected chi connectivity index (χ4v) is 2.48. The lowest BCUT2D eigenvalue weighted by atomic mass is 9.96. The van der Waals surface area contributed by atoms with Crippen LogP contribution in [0.3, 0.4) is 0 Å². The van der Waals surface area contributed by atoms with Gasteiger partial charge in [0.05, 0.1) is 6.54 Å². The number of carbonyl (C=O) groups excluding carboxylic acids is 1. The maximum absolute atomic E-state index is 10.6. The second kappa shape index (κ2) is 7.66. The van der Waals surface area contributed by atoms with Gasteiger partial charge in [-0.3, -0.25) is 14.7 Å². The van der Waals surface area contributed by atoms with Crippen LogP contribution in [0.2, 0.25) is 0 Å². The lowest BCUT2D eigenvalue weighted by Gasteiger charge is -2.34. The van der Waals surface area contributed by atoms with Crippen LogP contribution in [0.25, 0.3) is 0 Å². The summed E-state index contributed by atoms with van der Waals surface area (Å²) in [6, 6.07) is 4.51. The van der Waals surface area contributed by atoms with Crippen LogP contribution in [0.15, 0.2) is 24.5 Å². The molecule has 0 amide bonds. The number of likely N-dealkylation sites (tertiary alicyclic amines) is 1. The first-order valence-corrected chi connectivity index (χ1v) is 7.00. The average molecular weight is 272 g/mol. The second-order valence-electron chi connectivity index (χ2n) is 4.90. The van der Waals surface area contributed by atoms with Gasteiger partial charge >= 0.3 is 5.97 Å². The number of hydrogen-bond donors (Lipinski definition) is 0. The highest BCUT2D eigenvalue weighted by molar-refractivity contribution is 5.66. The molecule has 106 valence electrons. The number of aromatic nitrogens is 1. The lowest BCUT2D eigenvalue weighted by Crippen LogP contribution is -2.33. The van der Waals surface area contributed by atoms with Gasteiger partial charge in [-0.1, -0.05) is 24.3 Å². The van der Waals surface area contributed by atoms with Crippen molar-refractivity contribution < 1.29 is 9.53 Å². The molecule has 1 aliphatic heterocycles. The van der Waals surface area contributed by atoms with Crippen LogP contribution in [0.5, 0.6) is 0 Å². The summed E-state index contributed by atoms with van der Waals surface area (Å²) >= 11 is 0. The van der Waals surface area contributed by atoms with Gasteiger partial charge in [0, 0.05) is 25.4 Å². The molecule has 4 nitrogen and oxygen atoms in total. The van der Waals surface area contributed by atoms with E-state index >= 15 is 0 Å². The Kier molecular flexibility index (Phi) is 5.57. The topological polar surface area (TPSA) is 42.4 Å². The summed E-state index contributed by atoms with van der Waals surface area (Å²) in [6.07, 6.45) is 7.35. The lowest BCUT2D eigenvalue weighted by molar-refractivity contribution is -0.139. The smallest absolute Gasteiger partial charge is 0.303 e. The number of carbonyl (C=O) groups is 1. The van der Waals surface area contributed by atoms with Crippen LogP contribution in [0.4, 0.5) is 0 Å². The third-order valence-corrected chi connectivity index (χ3v) is 3.44. The molecule has 0 spiro atoms. The maximum atomic E-state index is 10.6. The Labute approximate surface area is 120 Å². The van der Waals surface area contributed by atoms with E-state index in [1.54, 1.807) is 6.20 Å². The van der Waals surface area contributed by atoms with E-state index in [2.05, 4.69) is 27.8 Å². The third-order valence-electron chi connectivity index (χ3n) is 3.44. The molecule has 1 aromatic rings. The predicted molar refractivity (Wildman–Crippen MR) is 76.8 cm³/mol. The predicted octanol–water partition coefficient (Wildman–Crippen LogP) is 2.18. The molecular weight excluding hydrogens is 252 g/mol. The van der Waals surface area contributed by atoms with Gasteiger partial charge in [0.25, 0.3) is 0 Å². The summed E-state index contributed by atoms with van der Waals surface area (Å²) in [6.45, 7) is 3.34. The first-order chi connectivity index (χ1) is 9.77. The maximum Gasteiger partial charge on any atom is 0.303 e. The Morgan fingerprint density at radius 2 is 2.40 bits per heavy atom. The van der Waals surface area contributed by atoms with Gasteiger partial charge < -0.3 is 4.74 Å². The summed E-state index contributed by atoms with van der Waals surface area (Å²) in [7, 11) is 0. The van der Waals surface area contributed by atoms with Crippen molar-refractivity contribution in [3.05, 3.63) is 30.1 Å². The van der Waals surface area contributed by atoms with Crippen LogP contribution in [-0.2, 0) is 9.53 Å². The molecule has 1 aromatic heterocycles. The van der Waals surface area contributed by atoms with Crippen molar-refractivity contribution in [1.29, 1.82) is 0 Å². The zero-order valence-corrected chi connectivity index (χ0v) is 11.8. The summed E-state index contributed by atoms with van der Waals surface area (Å²) in [5, 5.41) is 0. The van der Waals surface area contributed by atoms with Gasteiger partial charge in [-0.05, 0) is 31.0 Å². The number of hydrogen-bond acceptors (Lipinski definition) is 4. The molecule has 0 bridgehead atoms. The first-order valence-electron chi connectivity index (χ1n) is 7.00. The number of rotatable bonds is 3. The molecule has 4 heteroatoms. The molecular formula is C16H20N2O2. The molecule has 2 heterocycles. The van der Waals surface area contributed by atoms with Crippen molar-refractivity contribution in [2.24, 2.45) is 0 Å². The van der Waals surface area contributed by atoms with E-state index in [4.69, 9.17) is 4.74 Å². The van der Waals surface area contributed by atoms with Crippen LogP contribution >= 0.6 is 0 Å². The second-order valence-corrected chi connectivity index (χ2v) is 4.90. The molecule has 2 rings (SSSR count). The van der Waals surface area contributed by atoms with Gasteiger partial charge in [-0.25, -0.2) is 0 Å². The molecule has 0 radical (unpaired) electrons. The SMILES string of the molecule is CC(=O)OCC#CCN1CCCCC1c1cccnc1. The van der Waals surface area contributed by atoms with E-state index in [0.717, 1.165) is 13.0 Å². The highest BCUT2D eigenvalue weighted by Crippen LogP contribution is 2.29. The van der Waals surface area contributed by atoms with E-state index < -0.39 is 0 Å². The monoisotopic (exact) mass is 272 g/mol. The molecule has 20 heavy (non-hydrogen) atoms. The number of esters is 1. The van der Waals surface area contributed by atoms with Crippen LogP contribution < -0.4 is 0 Å². The molecule has 0 aliphatic carbocycles. The van der Waals surface area contributed by atoms with Gasteiger partial charge in [0.15, 0.2) is 6.61 Å². The Balaban J connectivity index is 1.92. The largest absolute Gasteiger partial charge is 0.453 e. The van der Waals surface area contributed by atoms with Gasteiger partial charge in [-0.2, -0.15) is 0 Å². The Morgan fingerprint density at radius 1 is 1.50 bits per heavy atom.